The third kappa shape index (κ3) is 4.05. The molecule has 1 N–H and O–H groups in total. The molecule has 0 aromatic heterocycles. The van der Waals surface area contributed by atoms with E-state index in [1.807, 2.05) is 0 Å². The van der Waals surface area contributed by atoms with Gasteiger partial charge in [-0.2, -0.15) is 13.2 Å². The number of hydrogen-bond acceptors (Lipinski definition) is 1. The van der Waals surface area contributed by atoms with Crippen molar-refractivity contribution in [1.29, 1.82) is 0 Å². The van der Waals surface area contributed by atoms with E-state index in [9.17, 15) is 13.2 Å². The topological polar surface area (TPSA) is 12.0 Å². The fourth-order valence-corrected chi connectivity index (χ4v) is 2.21. The summed E-state index contributed by atoms with van der Waals surface area (Å²) in [7, 11) is 0. The SMILES string of the molecule is Cc1ccc(NCc2ccc(Cl)c(Cl)c2)cc1C(F)(F)F. The van der Waals surface area contributed by atoms with Crippen molar-refractivity contribution in [1.82, 2.24) is 0 Å². The van der Waals surface area contributed by atoms with E-state index in [2.05, 4.69) is 5.32 Å². The van der Waals surface area contributed by atoms with Crippen molar-refractivity contribution in [3.63, 3.8) is 0 Å². The minimum Gasteiger partial charge on any atom is -0.381 e. The maximum Gasteiger partial charge on any atom is 0.416 e. The van der Waals surface area contributed by atoms with Crippen LogP contribution in [0.3, 0.4) is 0 Å². The number of aryl methyl sites for hydroxylation is 1. The molecule has 2 aromatic carbocycles. The van der Waals surface area contributed by atoms with E-state index in [-0.39, 0.29) is 5.56 Å². The molecule has 0 spiro atoms. The monoisotopic (exact) mass is 333 g/mol. The van der Waals surface area contributed by atoms with E-state index in [1.54, 1.807) is 24.3 Å². The molecular formula is C15H12Cl2F3N. The zero-order valence-corrected chi connectivity index (χ0v) is 12.6. The summed E-state index contributed by atoms with van der Waals surface area (Å²) in [5, 5.41) is 3.80. The van der Waals surface area contributed by atoms with Crippen LogP contribution in [0.4, 0.5) is 18.9 Å². The Morgan fingerprint density at radius 3 is 2.33 bits per heavy atom. The number of rotatable bonds is 3. The van der Waals surface area contributed by atoms with Crippen molar-refractivity contribution in [2.24, 2.45) is 0 Å². The maximum atomic E-state index is 12.8. The molecule has 0 aliphatic carbocycles. The van der Waals surface area contributed by atoms with Crippen LogP contribution in [-0.2, 0) is 12.7 Å². The molecule has 0 heterocycles. The largest absolute Gasteiger partial charge is 0.416 e. The van der Waals surface area contributed by atoms with Crippen molar-refractivity contribution in [3.05, 3.63) is 63.1 Å². The Bertz CT molecular complexity index is 654. The summed E-state index contributed by atoms with van der Waals surface area (Å²) in [6, 6.07) is 9.25. The number of halogens is 5. The maximum absolute atomic E-state index is 12.8. The lowest BCUT2D eigenvalue weighted by Gasteiger charge is -2.13. The normalized spacial score (nSPS) is 11.5. The lowest BCUT2D eigenvalue weighted by molar-refractivity contribution is -0.138. The van der Waals surface area contributed by atoms with Gasteiger partial charge in [0.1, 0.15) is 0 Å². The highest BCUT2D eigenvalue weighted by Crippen LogP contribution is 2.33. The number of nitrogens with one attached hydrogen (secondary N) is 1. The highest BCUT2D eigenvalue weighted by atomic mass is 35.5. The van der Waals surface area contributed by atoms with Gasteiger partial charge in [0.2, 0.25) is 0 Å². The average Bonchev–Trinajstić information content (AvgIpc) is 2.40. The van der Waals surface area contributed by atoms with Crippen molar-refractivity contribution < 1.29 is 13.2 Å². The summed E-state index contributed by atoms with van der Waals surface area (Å²) in [5.74, 6) is 0. The lowest BCUT2D eigenvalue weighted by Crippen LogP contribution is -2.09. The van der Waals surface area contributed by atoms with Gasteiger partial charge in [-0.25, -0.2) is 0 Å². The first kappa shape index (κ1) is 16.0. The molecule has 112 valence electrons. The van der Waals surface area contributed by atoms with Gasteiger partial charge in [0.15, 0.2) is 0 Å². The Hall–Kier alpha value is -1.39. The Morgan fingerprint density at radius 2 is 1.71 bits per heavy atom. The number of alkyl halides is 3. The molecule has 0 aliphatic heterocycles. The average molecular weight is 334 g/mol. The van der Waals surface area contributed by atoms with Gasteiger partial charge in [-0.15, -0.1) is 0 Å². The fourth-order valence-electron chi connectivity index (χ4n) is 1.89. The molecule has 0 amide bonds. The molecule has 0 saturated heterocycles. The number of hydrogen-bond donors (Lipinski definition) is 1. The summed E-state index contributed by atoms with van der Waals surface area (Å²) in [5.41, 5.74) is 0.793. The van der Waals surface area contributed by atoms with Crippen LogP contribution in [0, 0.1) is 6.92 Å². The second-order valence-electron chi connectivity index (χ2n) is 4.63. The van der Waals surface area contributed by atoms with E-state index >= 15 is 0 Å². The summed E-state index contributed by atoms with van der Waals surface area (Å²) >= 11 is 11.7. The van der Waals surface area contributed by atoms with Crippen molar-refractivity contribution >= 4 is 28.9 Å². The smallest absolute Gasteiger partial charge is 0.381 e. The van der Waals surface area contributed by atoms with E-state index in [0.29, 0.717) is 22.3 Å². The van der Waals surface area contributed by atoms with Gasteiger partial charge in [0.05, 0.1) is 15.6 Å². The van der Waals surface area contributed by atoms with Crippen molar-refractivity contribution in [3.8, 4) is 0 Å². The highest BCUT2D eigenvalue weighted by molar-refractivity contribution is 6.42. The molecular weight excluding hydrogens is 322 g/mol. The van der Waals surface area contributed by atoms with Gasteiger partial charge >= 0.3 is 6.18 Å². The summed E-state index contributed by atoms with van der Waals surface area (Å²) in [4.78, 5) is 0. The third-order valence-electron chi connectivity index (χ3n) is 3.02. The van der Waals surface area contributed by atoms with Gasteiger partial charge < -0.3 is 5.32 Å². The Labute approximate surface area is 130 Å². The number of anilines is 1. The minimum atomic E-state index is -4.36. The van der Waals surface area contributed by atoms with Gasteiger partial charge in [-0.05, 0) is 42.3 Å². The molecule has 0 unspecified atom stereocenters. The van der Waals surface area contributed by atoms with Crippen molar-refractivity contribution in [2.75, 3.05) is 5.32 Å². The van der Waals surface area contributed by atoms with Gasteiger partial charge in [-0.3, -0.25) is 0 Å². The van der Waals surface area contributed by atoms with Crippen LogP contribution in [0.5, 0.6) is 0 Å². The molecule has 2 rings (SSSR count). The Kier molecular flexibility index (Phi) is 4.69. The van der Waals surface area contributed by atoms with Crippen LogP contribution >= 0.6 is 23.2 Å². The lowest BCUT2D eigenvalue weighted by atomic mass is 10.1. The summed E-state index contributed by atoms with van der Waals surface area (Å²) in [6.45, 7) is 1.79. The van der Waals surface area contributed by atoms with Gasteiger partial charge in [-0.1, -0.05) is 35.3 Å². The molecule has 0 bridgehead atoms. The third-order valence-corrected chi connectivity index (χ3v) is 3.76. The predicted molar refractivity (Wildman–Crippen MR) is 80.0 cm³/mol. The molecule has 0 aliphatic rings. The summed E-state index contributed by atoms with van der Waals surface area (Å²) in [6.07, 6.45) is -4.36. The first-order chi connectivity index (χ1) is 9.77. The van der Waals surface area contributed by atoms with Crippen LogP contribution in [-0.4, -0.2) is 0 Å². The van der Waals surface area contributed by atoms with Crippen LogP contribution in [0.15, 0.2) is 36.4 Å². The second-order valence-corrected chi connectivity index (χ2v) is 5.44. The minimum absolute atomic E-state index is 0.197. The molecule has 0 radical (unpaired) electrons. The number of benzene rings is 2. The summed E-state index contributed by atoms with van der Waals surface area (Å²) < 4.78 is 38.5. The quantitative estimate of drug-likeness (QED) is 0.733. The first-order valence-electron chi connectivity index (χ1n) is 6.13. The fraction of sp³-hybridized carbons (Fsp3) is 0.200. The second kappa shape index (κ2) is 6.16. The van der Waals surface area contributed by atoms with Gasteiger partial charge in [0, 0.05) is 12.2 Å². The van der Waals surface area contributed by atoms with E-state index < -0.39 is 11.7 Å². The zero-order valence-electron chi connectivity index (χ0n) is 11.1. The zero-order chi connectivity index (χ0) is 15.6. The van der Waals surface area contributed by atoms with Crippen LogP contribution in [0.2, 0.25) is 10.0 Å². The molecule has 2 aromatic rings. The van der Waals surface area contributed by atoms with E-state index in [1.165, 1.54) is 13.0 Å². The van der Waals surface area contributed by atoms with Crippen LogP contribution in [0.25, 0.3) is 0 Å². The van der Waals surface area contributed by atoms with Crippen LogP contribution in [0.1, 0.15) is 16.7 Å². The molecule has 0 saturated carbocycles. The standard InChI is InChI=1S/C15H12Cl2F3N/c1-9-2-4-11(7-12(9)15(18,19)20)21-8-10-3-5-13(16)14(17)6-10/h2-7,21H,8H2,1H3. The molecule has 1 nitrogen and oxygen atoms in total. The van der Waals surface area contributed by atoms with Crippen LogP contribution < -0.4 is 5.32 Å². The Morgan fingerprint density at radius 1 is 1.00 bits per heavy atom. The van der Waals surface area contributed by atoms with Gasteiger partial charge in [0.25, 0.3) is 0 Å². The first-order valence-corrected chi connectivity index (χ1v) is 6.88. The highest BCUT2D eigenvalue weighted by Gasteiger charge is 2.32. The van der Waals surface area contributed by atoms with E-state index in [4.69, 9.17) is 23.2 Å². The van der Waals surface area contributed by atoms with Crippen molar-refractivity contribution in [2.45, 2.75) is 19.6 Å². The Balaban J connectivity index is 2.15. The predicted octanol–water partition coefficient (Wildman–Crippen LogP) is 5.93. The van der Waals surface area contributed by atoms with E-state index in [0.717, 1.165) is 11.6 Å². The molecule has 6 heteroatoms. The molecule has 0 fully saturated rings. The molecule has 0 atom stereocenters. The molecule has 21 heavy (non-hydrogen) atoms.